The van der Waals surface area contributed by atoms with Gasteiger partial charge < -0.3 is 15.7 Å². The Balaban J connectivity index is 2.09. The second-order valence-electron chi connectivity index (χ2n) is 4.36. The zero-order chi connectivity index (χ0) is 14.4. The molecule has 0 saturated carbocycles. The quantitative estimate of drug-likeness (QED) is 0.378. The maximum Gasteiger partial charge on any atom is 0.173 e. The van der Waals surface area contributed by atoms with E-state index in [0.29, 0.717) is 24.3 Å². The molecular formula is C15H17N3O2. The molecule has 0 unspecified atom stereocenters. The second kappa shape index (κ2) is 6.56. The summed E-state index contributed by atoms with van der Waals surface area (Å²) in [5, 5.41) is 11.8. The minimum atomic E-state index is 0.0431. The van der Waals surface area contributed by atoms with Crippen LogP contribution in [-0.2, 0) is 6.42 Å². The lowest BCUT2D eigenvalue weighted by atomic mass is 10.1. The Kier molecular flexibility index (Phi) is 4.55. The molecule has 0 aliphatic heterocycles. The maximum absolute atomic E-state index is 8.80. The Hall–Kier alpha value is -2.56. The van der Waals surface area contributed by atoms with Crippen molar-refractivity contribution in [3.63, 3.8) is 0 Å². The molecule has 0 amide bonds. The van der Waals surface area contributed by atoms with E-state index in [0.717, 1.165) is 11.3 Å². The van der Waals surface area contributed by atoms with Crippen molar-refractivity contribution in [2.75, 3.05) is 6.61 Å². The number of oxime groups is 1. The van der Waals surface area contributed by atoms with Gasteiger partial charge in [-0.25, -0.2) is 0 Å². The van der Waals surface area contributed by atoms with E-state index in [1.807, 2.05) is 37.3 Å². The van der Waals surface area contributed by atoms with E-state index in [4.69, 9.17) is 15.7 Å². The van der Waals surface area contributed by atoms with Crippen LogP contribution in [0, 0.1) is 6.92 Å². The normalized spacial score (nSPS) is 11.3. The van der Waals surface area contributed by atoms with Crippen LogP contribution < -0.4 is 10.5 Å². The molecule has 104 valence electrons. The molecular weight excluding hydrogens is 254 g/mol. The highest BCUT2D eigenvalue weighted by atomic mass is 16.5. The highest BCUT2D eigenvalue weighted by Gasteiger charge is 2.10. The van der Waals surface area contributed by atoms with E-state index >= 15 is 0 Å². The van der Waals surface area contributed by atoms with E-state index < -0.39 is 0 Å². The molecule has 0 saturated heterocycles. The molecule has 20 heavy (non-hydrogen) atoms. The number of benzene rings is 1. The Bertz CT molecular complexity index is 597. The van der Waals surface area contributed by atoms with Gasteiger partial charge in [-0.3, -0.25) is 4.98 Å². The molecule has 0 aliphatic rings. The first-order valence-corrected chi connectivity index (χ1v) is 6.32. The number of nitrogens with zero attached hydrogens (tertiary/aromatic N) is 2. The lowest BCUT2D eigenvalue weighted by Crippen LogP contribution is -2.16. The maximum atomic E-state index is 8.80. The van der Waals surface area contributed by atoms with E-state index in [2.05, 4.69) is 10.1 Å². The van der Waals surface area contributed by atoms with Gasteiger partial charge >= 0.3 is 0 Å². The molecule has 0 bridgehead atoms. The zero-order valence-corrected chi connectivity index (χ0v) is 11.3. The number of para-hydroxylation sites is 1. The molecule has 3 N–H and O–H groups in total. The van der Waals surface area contributed by atoms with E-state index in [1.165, 1.54) is 0 Å². The summed E-state index contributed by atoms with van der Waals surface area (Å²) in [7, 11) is 0. The standard InChI is InChI=1S/C15H17N3O2/c1-11-5-4-7-13(15(16)18-19)14(11)20-10-8-12-6-2-3-9-17-12/h2-7,9,19H,8,10H2,1H3,(H2,16,18). The van der Waals surface area contributed by atoms with Crippen molar-refractivity contribution in [2.45, 2.75) is 13.3 Å². The number of hydrogen-bond donors (Lipinski definition) is 2. The fraction of sp³-hybridized carbons (Fsp3) is 0.200. The van der Waals surface area contributed by atoms with Crippen molar-refractivity contribution in [1.82, 2.24) is 4.98 Å². The van der Waals surface area contributed by atoms with Crippen LogP contribution in [0.15, 0.2) is 47.8 Å². The lowest BCUT2D eigenvalue weighted by Gasteiger charge is -2.13. The third-order valence-corrected chi connectivity index (χ3v) is 2.93. The average Bonchev–Trinajstić information content (AvgIpc) is 2.49. The van der Waals surface area contributed by atoms with Gasteiger partial charge in [-0.2, -0.15) is 0 Å². The molecule has 1 aromatic carbocycles. The van der Waals surface area contributed by atoms with Gasteiger partial charge in [-0.1, -0.05) is 23.4 Å². The summed E-state index contributed by atoms with van der Waals surface area (Å²) in [6.45, 7) is 2.40. The van der Waals surface area contributed by atoms with Crippen molar-refractivity contribution in [3.8, 4) is 5.75 Å². The number of aromatic nitrogens is 1. The molecule has 5 nitrogen and oxygen atoms in total. The summed E-state index contributed by atoms with van der Waals surface area (Å²) in [6, 6.07) is 11.3. The summed E-state index contributed by atoms with van der Waals surface area (Å²) >= 11 is 0. The van der Waals surface area contributed by atoms with Crippen LogP contribution in [0.4, 0.5) is 0 Å². The van der Waals surface area contributed by atoms with Crippen molar-refractivity contribution in [1.29, 1.82) is 0 Å². The van der Waals surface area contributed by atoms with Gasteiger partial charge in [0.25, 0.3) is 0 Å². The molecule has 5 heteroatoms. The van der Waals surface area contributed by atoms with Crippen molar-refractivity contribution >= 4 is 5.84 Å². The molecule has 0 aliphatic carbocycles. The molecule has 0 atom stereocenters. The largest absolute Gasteiger partial charge is 0.492 e. The molecule has 2 aromatic rings. The number of rotatable bonds is 5. The van der Waals surface area contributed by atoms with Crippen molar-refractivity contribution in [2.24, 2.45) is 10.9 Å². The van der Waals surface area contributed by atoms with Crippen LogP contribution in [0.25, 0.3) is 0 Å². The van der Waals surface area contributed by atoms with E-state index in [9.17, 15) is 0 Å². The number of nitrogens with two attached hydrogens (primary N) is 1. The minimum Gasteiger partial charge on any atom is -0.492 e. The molecule has 0 spiro atoms. The number of ether oxygens (including phenoxy) is 1. The van der Waals surface area contributed by atoms with Crippen LogP contribution >= 0.6 is 0 Å². The Labute approximate surface area is 117 Å². The fourth-order valence-corrected chi connectivity index (χ4v) is 1.90. The van der Waals surface area contributed by atoms with Gasteiger partial charge in [0.15, 0.2) is 5.84 Å². The summed E-state index contributed by atoms with van der Waals surface area (Å²) < 4.78 is 5.78. The van der Waals surface area contributed by atoms with Crippen LogP contribution in [0.1, 0.15) is 16.8 Å². The van der Waals surface area contributed by atoms with Crippen LogP contribution in [-0.4, -0.2) is 22.6 Å². The number of hydrogen-bond acceptors (Lipinski definition) is 4. The lowest BCUT2D eigenvalue weighted by molar-refractivity contribution is 0.312. The zero-order valence-electron chi connectivity index (χ0n) is 11.3. The van der Waals surface area contributed by atoms with Gasteiger partial charge in [0.1, 0.15) is 5.75 Å². The number of aryl methyl sites for hydroxylation is 1. The molecule has 0 fully saturated rings. The highest BCUT2D eigenvalue weighted by Crippen LogP contribution is 2.23. The SMILES string of the molecule is Cc1cccc(/C(N)=N/O)c1OCCc1ccccn1. The third-order valence-electron chi connectivity index (χ3n) is 2.93. The number of amidine groups is 1. The fourth-order valence-electron chi connectivity index (χ4n) is 1.90. The molecule has 0 radical (unpaired) electrons. The minimum absolute atomic E-state index is 0.0431. The van der Waals surface area contributed by atoms with Crippen molar-refractivity contribution < 1.29 is 9.94 Å². The van der Waals surface area contributed by atoms with Crippen LogP contribution in [0.3, 0.4) is 0 Å². The Morgan fingerprint density at radius 1 is 1.30 bits per heavy atom. The van der Waals surface area contributed by atoms with Crippen molar-refractivity contribution in [3.05, 3.63) is 59.4 Å². The Morgan fingerprint density at radius 3 is 2.85 bits per heavy atom. The highest BCUT2D eigenvalue weighted by molar-refractivity contribution is 5.99. The van der Waals surface area contributed by atoms with Gasteiger partial charge in [-0.15, -0.1) is 0 Å². The predicted molar refractivity (Wildman–Crippen MR) is 77.1 cm³/mol. The van der Waals surface area contributed by atoms with E-state index in [-0.39, 0.29) is 5.84 Å². The molecule has 1 heterocycles. The topological polar surface area (TPSA) is 80.7 Å². The Morgan fingerprint density at radius 2 is 2.15 bits per heavy atom. The smallest absolute Gasteiger partial charge is 0.173 e. The first-order valence-electron chi connectivity index (χ1n) is 6.32. The number of pyridine rings is 1. The van der Waals surface area contributed by atoms with Gasteiger partial charge in [-0.05, 0) is 30.7 Å². The predicted octanol–water partition coefficient (Wildman–Crippen LogP) is 2.11. The van der Waals surface area contributed by atoms with Crippen LogP contribution in [0.2, 0.25) is 0 Å². The van der Waals surface area contributed by atoms with Crippen LogP contribution in [0.5, 0.6) is 5.75 Å². The monoisotopic (exact) mass is 271 g/mol. The summed E-state index contributed by atoms with van der Waals surface area (Å²) in [6.07, 6.45) is 2.45. The second-order valence-corrected chi connectivity index (χ2v) is 4.36. The first-order chi connectivity index (χ1) is 9.72. The molecule has 1 aromatic heterocycles. The summed E-state index contributed by atoms with van der Waals surface area (Å²) in [5.41, 5.74) is 8.15. The summed E-state index contributed by atoms with van der Waals surface area (Å²) in [5.74, 6) is 0.681. The average molecular weight is 271 g/mol. The first kappa shape index (κ1) is 13.9. The summed E-state index contributed by atoms with van der Waals surface area (Å²) in [4.78, 5) is 4.24. The van der Waals surface area contributed by atoms with Gasteiger partial charge in [0.05, 0.1) is 12.2 Å². The third kappa shape index (κ3) is 3.26. The molecule has 2 rings (SSSR count). The van der Waals surface area contributed by atoms with E-state index in [1.54, 1.807) is 12.3 Å². The van der Waals surface area contributed by atoms with Gasteiger partial charge in [0.2, 0.25) is 0 Å². The van der Waals surface area contributed by atoms with Gasteiger partial charge in [0, 0.05) is 18.3 Å².